The normalized spacial score (nSPS) is 15.0. The van der Waals surface area contributed by atoms with E-state index in [-0.39, 0.29) is 12.2 Å². The molecule has 0 aliphatic rings. The fourth-order valence-corrected chi connectivity index (χ4v) is 2.77. The third-order valence-corrected chi connectivity index (χ3v) is 5.10. The molecule has 0 saturated carbocycles. The summed E-state index contributed by atoms with van der Waals surface area (Å²) in [6.07, 6.45) is 0.164. The maximum absolute atomic E-state index is 12.2. The molecule has 0 aromatic rings. The van der Waals surface area contributed by atoms with Crippen LogP contribution in [0.15, 0.2) is 0 Å². The van der Waals surface area contributed by atoms with Crippen molar-refractivity contribution >= 4 is 13.4 Å². The average molecular weight is 232 g/mol. The first-order chi connectivity index (χ1) is 6.88. The molecule has 0 radical (unpaired) electrons. The molecule has 0 rings (SSSR count). The van der Waals surface area contributed by atoms with Gasteiger partial charge in [0, 0.05) is 20.6 Å². The zero-order chi connectivity index (χ0) is 12.1. The van der Waals surface area contributed by atoms with Gasteiger partial charge >= 0.3 is 7.60 Å². The molecular formula is C10H17O4P. The summed E-state index contributed by atoms with van der Waals surface area (Å²) in [4.78, 5) is 11.5. The Hall–Kier alpha value is -0.620. The van der Waals surface area contributed by atoms with Crippen molar-refractivity contribution in [1.29, 1.82) is 0 Å². The number of ketones is 1. The van der Waals surface area contributed by atoms with Gasteiger partial charge in [0.15, 0.2) is 0 Å². The van der Waals surface area contributed by atoms with E-state index in [1.54, 1.807) is 13.8 Å². The van der Waals surface area contributed by atoms with Gasteiger partial charge in [0.25, 0.3) is 0 Å². The lowest BCUT2D eigenvalue weighted by Gasteiger charge is -2.30. The van der Waals surface area contributed by atoms with Gasteiger partial charge in [-0.2, -0.15) is 0 Å². The molecule has 86 valence electrons. The molecule has 0 heterocycles. The van der Waals surface area contributed by atoms with Crippen molar-refractivity contribution in [2.75, 3.05) is 14.2 Å². The van der Waals surface area contributed by atoms with Crippen molar-refractivity contribution in [3.8, 4) is 11.8 Å². The number of hydrogen-bond donors (Lipinski definition) is 0. The smallest absolute Gasteiger partial charge is 0.311 e. The van der Waals surface area contributed by atoms with Gasteiger partial charge in [-0.25, -0.2) is 0 Å². The van der Waals surface area contributed by atoms with E-state index >= 15 is 0 Å². The van der Waals surface area contributed by atoms with Gasteiger partial charge in [-0.05, 0) is 20.8 Å². The average Bonchev–Trinajstić information content (AvgIpc) is 2.24. The van der Waals surface area contributed by atoms with E-state index in [1.807, 2.05) is 0 Å². The Balaban J connectivity index is 5.33. The summed E-state index contributed by atoms with van der Waals surface area (Å²) in [5, 5.41) is -1.19. The fourth-order valence-electron chi connectivity index (χ4n) is 1.15. The Morgan fingerprint density at radius 2 is 1.87 bits per heavy atom. The Morgan fingerprint density at radius 3 is 2.13 bits per heavy atom. The molecule has 0 fully saturated rings. The lowest BCUT2D eigenvalue weighted by atomic mass is 10.0. The van der Waals surface area contributed by atoms with E-state index in [0.29, 0.717) is 0 Å². The van der Waals surface area contributed by atoms with E-state index in [1.165, 1.54) is 21.1 Å². The molecule has 0 aliphatic carbocycles. The third-order valence-electron chi connectivity index (χ3n) is 2.45. The predicted molar refractivity (Wildman–Crippen MR) is 58.8 cm³/mol. The minimum atomic E-state index is -3.44. The van der Waals surface area contributed by atoms with Crippen LogP contribution in [-0.4, -0.2) is 25.2 Å². The molecule has 5 heteroatoms. The van der Waals surface area contributed by atoms with Gasteiger partial charge in [-0.3, -0.25) is 9.36 Å². The largest absolute Gasteiger partial charge is 0.344 e. The van der Waals surface area contributed by atoms with Crippen molar-refractivity contribution in [3.05, 3.63) is 0 Å². The van der Waals surface area contributed by atoms with Crippen LogP contribution < -0.4 is 0 Å². The molecule has 4 nitrogen and oxygen atoms in total. The summed E-state index contributed by atoms with van der Waals surface area (Å²) >= 11 is 0. The monoisotopic (exact) mass is 232 g/mol. The van der Waals surface area contributed by atoms with Gasteiger partial charge < -0.3 is 9.05 Å². The topological polar surface area (TPSA) is 52.6 Å². The highest BCUT2D eigenvalue weighted by molar-refractivity contribution is 7.56. The van der Waals surface area contributed by atoms with Crippen LogP contribution in [0.25, 0.3) is 0 Å². The molecule has 0 N–H and O–H groups in total. The molecule has 0 bridgehead atoms. The first-order valence-electron chi connectivity index (χ1n) is 4.50. The highest BCUT2D eigenvalue weighted by Crippen LogP contribution is 2.60. The van der Waals surface area contributed by atoms with Crippen LogP contribution in [0, 0.1) is 11.8 Å². The first kappa shape index (κ1) is 14.4. The summed E-state index contributed by atoms with van der Waals surface area (Å²) in [6.45, 7) is 4.57. The molecule has 0 spiro atoms. The van der Waals surface area contributed by atoms with Gasteiger partial charge in [-0.1, -0.05) is 0 Å². The standard InChI is InChI=1S/C10H17O4P/c1-6-7-8-10(3,9(2)11)15(12,13-4)14-5/h8H2,1-5H3/t10-/m1/s1. The molecular weight excluding hydrogens is 215 g/mol. The number of carbonyl (C=O) groups excluding carboxylic acids is 1. The molecule has 0 aromatic carbocycles. The summed E-state index contributed by atoms with van der Waals surface area (Å²) < 4.78 is 21.9. The Morgan fingerprint density at radius 1 is 1.40 bits per heavy atom. The summed E-state index contributed by atoms with van der Waals surface area (Å²) in [6, 6.07) is 0. The maximum atomic E-state index is 12.2. The van der Waals surface area contributed by atoms with Crippen LogP contribution >= 0.6 is 7.60 Å². The van der Waals surface area contributed by atoms with Crippen molar-refractivity contribution < 1.29 is 18.4 Å². The summed E-state index contributed by atoms with van der Waals surface area (Å²) in [5.41, 5.74) is 0. The number of rotatable bonds is 5. The van der Waals surface area contributed by atoms with Crippen LogP contribution in [0.1, 0.15) is 27.2 Å². The summed E-state index contributed by atoms with van der Waals surface area (Å²) in [7, 11) is -0.904. The van der Waals surface area contributed by atoms with Gasteiger partial charge in [0.1, 0.15) is 10.9 Å². The molecule has 0 saturated heterocycles. The van der Waals surface area contributed by atoms with Crippen LogP contribution in [-0.2, 0) is 18.4 Å². The van der Waals surface area contributed by atoms with Crippen LogP contribution in [0.5, 0.6) is 0 Å². The van der Waals surface area contributed by atoms with E-state index < -0.39 is 12.8 Å². The molecule has 0 unspecified atom stereocenters. The second-order valence-electron chi connectivity index (χ2n) is 3.30. The molecule has 0 aromatic heterocycles. The van der Waals surface area contributed by atoms with E-state index in [4.69, 9.17) is 9.05 Å². The molecule has 15 heavy (non-hydrogen) atoms. The van der Waals surface area contributed by atoms with E-state index in [0.717, 1.165) is 0 Å². The molecule has 0 amide bonds. The second kappa shape index (κ2) is 5.46. The number of carbonyl (C=O) groups is 1. The quantitative estimate of drug-likeness (QED) is 0.538. The van der Waals surface area contributed by atoms with Crippen molar-refractivity contribution in [2.24, 2.45) is 0 Å². The molecule has 0 aliphatic heterocycles. The Bertz CT molecular complexity index is 331. The highest BCUT2D eigenvalue weighted by atomic mass is 31.2. The maximum Gasteiger partial charge on any atom is 0.344 e. The minimum absolute atomic E-state index is 0.164. The SMILES string of the molecule is CC#CC[C@](C)(C(C)=O)P(=O)(OC)OC. The fraction of sp³-hybridized carbons (Fsp3) is 0.700. The summed E-state index contributed by atoms with van der Waals surface area (Å²) in [5.74, 6) is 5.15. The second-order valence-corrected chi connectivity index (χ2v) is 6.01. The Kier molecular flexibility index (Phi) is 5.23. The Labute approximate surface area is 90.9 Å². The zero-order valence-electron chi connectivity index (χ0n) is 9.79. The van der Waals surface area contributed by atoms with Gasteiger partial charge in [0.2, 0.25) is 0 Å². The van der Waals surface area contributed by atoms with Crippen molar-refractivity contribution in [1.82, 2.24) is 0 Å². The van der Waals surface area contributed by atoms with Gasteiger partial charge in [0.05, 0.1) is 0 Å². The van der Waals surface area contributed by atoms with Crippen LogP contribution in [0.4, 0.5) is 0 Å². The zero-order valence-corrected chi connectivity index (χ0v) is 10.7. The third kappa shape index (κ3) is 2.69. The highest BCUT2D eigenvalue weighted by Gasteiger charge is 2.49. The van der Waals surface area contributed by atoms with Gasteiger partial charge in [-0.15, -0.1) is 11.8 Å². The van der Waals surface area contributed by atoms with Crippen LogP contribution in [0.2, 0.25) is 0 Å². The lowest BCUT2D eigenvalue weighted by molar-refractivity contribution is -0.119. The van der Waals surface area contributed by atoms with Crippen molar-refractivity contribution in [2.45, 2.75) is 32.3 Å². The number of hydrogen-bond acceptors (Lipinski definition) is 4. The number of Topliss-reactive ketones (excluding diaryl/α,β-unsaturated/α-hetero) is 1. The van der Waals surface area contributed by atoms with E-state index in [9.17, 15) is 9.36 Å². The lowest BCUT2D eigenvalue weighted by Crippen LogP contribution is -2.34. The van der Waals surface area contributed by atoms with E-state index in [2.05, 4.69) is 11.8 Å². The molecule has 1 atom stereocenters. The minimum Gasteiger partial charge on any atom is -0.311 e. The first-order valence-corrected chi connectivity index (χ1v) is 6.04. The predicted octanol–water partition coefficient (Wildman–Crippen LogP) is 2.23. The van der Waals surface area contributed by atoms with Crippen molar-refractivity contribution in [3.63, 3.8) is 0 Å². The van der Waals surface area contributed by atoms with Crippen LogP contribution in [0.3, 0.4) is 0 Å².